The van der Waals surface area contributed by atoms with Gasteiger partial charge in [0.25, 0.3) is 5.91 Å². The standard InChI is InChI=1S/C25H22N4O4S/c30-23(15-18-8-4-5-11-26-18)28-20(12-16-6-2-1-3-7-16)24(31)27-19-9-10-21-17(13-19)14-22(34-21)25(32)29-33/h1-11,13-14,20,33H,12,15H2,(H,27,31)(H,28,30)(H,29,32)/t20-/m0/s1. The van der Waals surface area contributed by atoms with Gasteiger partial charge in [0.2, 0.25) is 11.8 Å². The summed E-state index contributed by atoms with van der Waals surface area (Å²) >= 11 is 1.23. The number of rotatable bonds is 8. The van der Waals surface area contributed by atoms with Crippen LogP contribution in [0.3, 0.4) is 0 Å². The number of nitrogens with one attached hydrogen (secondary N) is 3. The number of aromatic nitrogens is 1. The van der Waals surface area contributed by atoms with Crippen molar-refractivity contribution < 1.29 is 19.6 Å². The van der Waals surface area contributed by atoms with Gasteiger partial charge in [0.05, 0.1) is 11.3 Å². The summed E-state index contributed by atoms with van der Waals surface area (Å²) in [7, 11) is 0. The van der Waals surface area contributed by atoms with Crippen LogP contribution >= 0.6 is 11.3 Å². The number of amides is 3. The lowest BCUT2D eigenvalue weighted by Gasteiger charge is -2.19. The van der Waals surface area contributed by atoms with Crippen LogP contribution in [-0.2, 0) is 22.4 Å². The Labute approximate surface area is 199 Å². The highest BCUT2D eigenvalue weighted by Gasteiger charge is 2.22. The zero-order chi connectivity index (χ0) is 23.9. The van der Waals surface area contributed by atoms with E-state index in [-0.39, 0.29) is 18.2 Å². The molecule has 9 heteroatoms. The van der Waals surface area contributed by atoms with Crippen LogP contribution in [0.5, 0.6) is 0 Å². The third kappa shape index (κ3) is 5.83. The van der Waals surface area contributed by atoms with Gasteiger partial charge in [-0.15, -0.1) is 11.3 Å². The molecule has 4 aromatic rings. The van der Waals surface area contributed by atoms with Crippen LogP contribution < -0.4 is 16.1 Å². The van der Waals surface area contributed by atoms with E-state index in [0.29, 0.717) is 22.7 Å². The van der Waals surface area contributed by atoms with E-state index >= 15 is 0 Å². The molecule has 0 saturated carbocycles. The van der Waals surface area contributed by atoms with Gasteiger partial charge in [0.15, 0.2) is 0 Å². The number of nitrogens with zero attached hydrogens (tertiary/aromatic N) is 1. The quantitative estimate of drug-likeness (QED) is 0.231. The van der Waals surface area contributed by atoms with Crippen molar-refractivity contribution in [1.29, 1.82) is 0 Å². The minimum atomic E-state index is -0.799. The molecule has 0 aliphatic carbocycles. The molecule has 0 fully saturated rings. The molecular weight excluding hydrogens is 452 g/mol. The molecule has 0 aliphatic rings. The molecule has 2 aromatic carbocycles. The maximum atomic E-state index is 13.2. The van der Waals surface area contributed by atoms with E-state index in [1.807, 2.05) is 30.3 Å². The highest BCUT2D eigenvalue weighted by Crippen LogP contribution is 2.28. The van der Waals surface area contributed by atoms with E-state index in [4.69, 9.17) is 5.21 Å². The Morgan fingerprint density at radius 2 is 1.76 bits per heavy atom. The van der Waals surface area contributed by atoms with E-state index in [0.717, 1.165) is 15.6 Å². The summed E-state index contributed by atoms with van der Waals surface area (Å²) in [5.41, 5.74) is 3.68. The number of fused-ring (bicyclic) bond motifs is 1. The van der Waals surface area contributed by atoms with Crippen LogP contribution in [0.4, 0.5) is 5.69 Å². The number of hydrogen-bond donors (Lipinski definition) is 4. The number of hydroxylamine groups is 1. The fourth-order valence-electron chi connectivity index (χ4n) is 3.49. The van der Waals surface area contributed by atoms with Gasteiger partial charge in [-0.2, -0.15) is 0 Å². The smallest absolute Gasteiger partial charge is 0.284 e. The third-order valence-electron chi connectivity index (χ3n) is 5.11. The zero-order valence-corrected chi connectivity index (χ0v) is 18.8. The van der Waals surface area contributed by atoms with E-state index in [1.54, 1.807) is 54.1 Å². The molecule has 1 atom stereocenters. The first-order chi connectivity index (χ1) is 16.5. The number of thiophene rings is 1. The Morgan fingerprint density at radius 1 is 0.971 bits per heavy atom. The molecule has 172 valence electrons. The van der Waals surface area contributed by atoms with Gasteiger partial charge in [-0.25, -0.2) is 5.48 Å². The van der Waals surface area contributed by atoms with Crippen LogP contribution in [0.15, 0.2) is 79.0 Å². The van der Waals surface area contributed by atoms with Gasteiger partial charge >= 0.3 is 0 Å². The SMILES string of the molecule is O=C(Cc1ccccn1)N[C@@H](Cc1ccccc1)C(=O)Nc1ccc2sc(C(=O)NO)cc2c1. The predicted octanol–water partition coefficient (Wildman–Crippen LogP) is 3.32. The monoisotopic (exact) mass is 474 g/mol. The summed E-state index contributed by atoms with van der Waals surface area (Å²) in [4.78, 5) is 42.0. The minimum Gasteiger partial charge on any atom is -0.344 e. The first-order valence-electron chi connectivity index (χ1n) is 10.5. The van der Waals surface area contributed by atoms with Gasteiger partial charge in [-0.3, -0.25) is 24.6 Å². The summed E-state index contributed by atoms with van der Waals surface area (Å²) < 4.78 is 0.834. The molecule has 2 heterocycles. The average Bonchev–Trinajstić information content (AvgIpc) is 3.28. The second-order valence-electron chi connectivity index (χ2n) is 7.60. The van der Waals surface area contributed by atoms with Crippen molar-refractivity contribution in [3.63, 3.8) is 0 Å². The number of carbonyl (C=O) groups excluding carboxylic acids is 3. The van der Waals surface area contributed by atoms with Crippen molar-refractivity contribution in [3.05, 3.63) is 95.1 Å². The number of hydrogen-bond acceptors (Lipinski definition) is 6. The molecule has 4 rings (SSSR count). The van der Waals surface area contributed by atoms with Gasteiger partial charge < -0.3 is 10.6 Å². The second-order valence-corrected chi connectivity index (χ2v) is 8.68. The number of pyridine rings is 1. The minimum absolute atomic E-state index is 0.0654. The van der Waals surface area contributed by atoms with Crippen LogP contribution in [-0.4, -0.2) is 34.0 Å². The molecule has 0 radical (unpaired) electrons. The molecule has 2 aromatic heterocycles. The maximum Gasteiger partial charge on any atom is 0.284 e. The molecule has 0 saturated heterocycles. The maximum absolute atomic E-state index is 13.2. The zero-order valence-electron chi connectivity index (χ0n) is 18.0. The number of carbonyl (C=O) groups is 3. The number of benzene rings is 2. The van der Waals surface area contributed by atoms with E-state index < -0.39 is 11.9 Å². The molecule has 0 spiro atoms. The van der Waals surface area contributed by atoms with E-state index in [9.17, 15) is 14.4 Å². The molecule has 8 nitrogen and oxygen atoms in total. The van der Waals surface area contributed by atoms with Gasteiger partial charge in [-0.1, -0.05) is 36.4 Å². The first kappa shape index (κ1) is 23.1. The molecular formula is C25H22N4O4S. The normalized spacial score (nSPS) is 11.6. The third-order valence-corrected chi connectivity index (χ3v) is 6.23. The summed E-state index contributed by atoms with van der Waals surface area (Å²) in [5.74, 6) is -1.26. The lowest BCUT2D eigenvalue weighted by atomic mass is 10.0. The van der Waals surface area contributed by atoms with E-state index in [1.165, 1.54) is 11.3 Å². The van der Waals surface area contributed by atoms with Crippen molar-refractivity contribution >= 4 is 44.8 Å². The highest BCUT2D eigenvalue weighted by molar-refractivity contribution is 7.20. The molecule has 0 bridgehead atoms. The van der Waals surface area contributed by atoms with Crippen molar-refractivity contribution in [2.45, 2.75) is 18.9 Å². The van der Waals surface area contributed by atoms with Crippen molar-refractivity contribution in [2.75, 3.05) is 5.32 Å². The van der Waals surface area contributed by atoms with E-state index in [2.05, 4.69) is 15.6 Å². The Balaban J connectivity index is 1.51. The van der Waals surface area contributed by atoms with Crippen molar-refractivity contribution in [2.24, 2.45) is 0 Å². The summed E-state index contributed by atoms with van der Waals surface area (Å²) in [6, 6.07) is 20.9. The molecule has 3 amide bonds. The van der Waals surface area contributed by atoms with Crippen LogP contribution in [0, 0.1) is 0 Å². The summed E-state index contributed by atoms with van der Waals surface area (Å²) in [5, 5.41) is 15.3. The lowest BCUT2D eigenvalue weighted by molar-refractivity contribution is -0.126. The Bertz CT molecular complexity index is 1310. The molecule has 0 aliphatic heterocycles. The molecule has 34 heavy (non-hydrogen) atoms. The topological polar surface area (TPSA) is 120 Å². The average molecular weight is 475 g/mol. The number of anilines is 1. The molecule has 4 N–H and O–H groups in total. The fourth-order valence-corrected chi connectivity index (χ4v) is 4.42. The van der Waals surface area contributed by atoms with Gasteiger partial charge in [0.1, 0.15) is 6.04 Å². The van der Waals surface area contributed by atoms with Crippen molar-refractivity contribution in [3.8, 4) is 0 Å². The van der Waals surface area contributed by atoms with Crippen molar-refractivity contribution in [1.82, 2.24) is 15.8 Å². The Hall–Kier alpha value is -4.08. The summed E-state index contributed by atoms with van der Waals surface area (Å²) in [6.45, 7) is 0. The second kappa shape index (κ2) is 10.7. The Morgan fingerprint density at radius 3 is 2.50 bits per heavy atom. The fraction of sp³-hybridized carbons (Fsp3) is 0.120. The van der Waals surface area contributed by atoms with Crippen LogP contribution in [0.1, 0.15) is 20.9 Å². The van der Waals surface area contributed by atoms with Crippen LogP contribution in [0.25, 0.3) is 10.1 Å². The summed E-state index contributed by atoms with van der Waals surface area (Å²) in [6.07, 6.45) is 2.01. The van der Waals surface area contributed by atoms with Gasteiger partial charge in [-0.05, 0) is 47.3 Å². The first-order valence-corrected chi connectivity index (χ1v) is 11.4. The van der Waals surface area contributed by atoms with Crippen LogP contribution in [0.2, 0.25) is 0 Å². The Kier molecular flexibility index (Phi) is 7.26. The van der Waals surface area contributed by atoms with Gasteiger partial charge in [0, 0.05) is 28.7 Å². The highest BCUT2D eigenvalue weighted by atomic mass is 32.1. The largest absolute Gasteiger partial charge is 0.344 e. The predicted molar refractivity (Wildman–Crippen MR) is 130 cm³/mol. The lowest BCUT2D eigenvalue weighted by Crippen LogP contribution is -2.45. The molecule has 0 unspecified atom stereocenters.